The van der Waals surface area contributed by atoms with Gasteiger partial charge in [0.05, 0.1) is 11.9 Å². The standard InChI is InChI=1S/C10H18N4O/c1-3-4-14-7-9(6-12-14)13-8(2)5-10(11)15/h6-8,13H,3-5H2,1-2H3,(H2,11,15). The van der Waals surface area contributed by atoms with Crippen molar-refractivity contribution >= 4 is 11.6 Å². The number of rotatable bonds is 6. The van der Waals surface area contributed by atoms with Gasteiger partial charge in [0.2, 0.25) is 5.91 Å². The third-order valence-electron chi connectivity index (χ3n) is 2.01. The predicted octanol–water partition coefficient (Wildman–Crippen LogP) is 0.969. The first-order chi connectivity index (χ1) is 7.11. The zero-order chi connectivity index (χ0) is 11.3. The third kappa shape index (κ3) is 4.01. The molecule has 0 aliphatic rings. The van der Waals surface area contributed by atoms with E-state index in [-0.39, 0.29) is 11.9 Å². The first-order valence-electron chi connectivity index (χ1n) is 5.19. The van der Waals surface area contributed by atoms with Crippen LogP contribution in [0.15, 0.2) is 12.4 Å². The maximum absolute atomic E-state index is 10.7. The normalized spacial score (nSPS) is 12.4. The number of nitrogens with zero attached hydrogens (tertiary/aromatic N) is 2. The molecule has 15 heavy (non-hydrogen) atoms. The second kappa shape index (κ2) is 5.38. The van der Waals surface area contributed by atoms with Crippen LogP contribution in [0.4, 0.5) is 5.69 Å². The Morgan fingerprint density at radius 2 is 2.47 bits per heavy atom. The van der Waals surface area contributed by atoms with Crippen LogP contribution in [0.3, 0.4) is 0 Å². The largest absolute Gasteiger partial charge is 0.380 e. The smallest absolute Gasteiger partial charge is 0.219 e. The van der Waals surface area contributed by atoms with E-state index in [4.69, 9.17) is 5.73 Å². The van der Waals surface area contributed by atoms with Crippen molar-refractivity contribution in [2.75, 3.05) is 5.32 Å². The molecule has 0 aliphatic heterocycles. The van der Waals surface area contributed by atoms with Gasteiger partial charge in [-0.05, 0) is 13.3 Å². The van der Waals surface area contributed by atoms with Crippen LogP contribution < -0.4 is 11.1 Å². The topological polar surface area (TPSA) is 72.9 Å². The van der Waals surface area contributed by atoms with Gasteiger partial charge in [-0.3, -0.25) is 9.48 Å². The Morgan fingerprint density at radius 1 is 1.73 bits per heavy atom. The molecule has 0 aromatic carbocycles. The number of aromatic nitrogens is 2. The molecule has 1 heterocycles. The summed E-state index contributed by atoms with van der Waals surface area (Å²) >= 11 is 0. The zero-order valence-electron chi connectivity index (χ0n) is 9.23. The van der Waals surface area contributed by atoms with Crippen LogP contribution in [0.5, 0.6) is 0 Å². The average molecular weight is 210 g/mol. The van der Waals surface area contributed by atoms with Crippen LogP contribution in [0.1, 0.15) is 26.7 Å². The lowest BCUT2D eigenvalue weighted by Crippen LogP contribution is -2.23. The highest BCUT2D eigenvalue weighted by atomic mass is 16.1. The summed E-state index contributed by atoms with van der Waals surface area (Å²) in [4.78, 5) is 10.7. The van der Waals surface area contributed by atoms with Gasteiger partial charge in [-0.2, -0.15) is 5.10 Å². The summed E-state index contributed by atoms with van der Waals surface area (Å²) in [5, 5.41) is 7.34. The molecule has 0 fully saturated rings. The van der Waals surface area contributed by atoms with Crippen molar-refractivity contribution in [2.24, 2.45) is 5.73 Å². The van der Waals surface area contributed by atoms with Crippen molar-refractivity contribution < 1.29 is 4.79 Å². The molecule has 1 amide bonds. The molecule has 3 N–H and O–H groups in total. The summed E-state index contributed by atoms with van der Waals surface area (Å²) in [5.74, 6) is -0.295. The summed E-state index contributed by atoms with van der Waals surface area (Å²) in [7, 11) is 0. The molecule has 1 unspecified atom stereocenters. The third-order valence-corrected chi connectivity index (χ3v) is 2.01. The molecular weight excluding hydrogens is 192 g/mol. The Kier molecular flexibility index (Phi) is 4.15. The SMILES string of the molecule is CCCn1cc(NC(C)CC(N)=O)cn1. The number of hydrogen-bond acceptors (Lipinski definition) is 3. The average Bonchev–Trinajstić information content (AvgIpc) is 2.51. The summed E-state index contributed by atoms with van der Waals surface area (Å²) in [6, 6.07) is 0.0433. The molecule has 0 radical (unpaired) electrons. The highest BCUT2D eigenvalue weighted by Crippen LogP contribution is 2.08. The Labute approximate surface area is 89.6 Å². The summed E-state index contributed by atoms with van der Waals surface area (Å²) in [6.07, 6.45) is 5.07. The van der Waals surface area contributed by atoms with Gasteiger partial charge in [0, 0.05) is 25.2 Å². The molecule has 0 spiro atoms. The lowest BCUT2D eigenvalue weighted by Gasteiger charge is -2.10. The minimum Gasteiger partial charge on any atom is -0.380 e. The van der Waals surface area contributed by atoms with Crippen LogP contribution in [0.25, 0.3) is 0 Å². The zero-order valence-corrected chi connectivity index (χ0v) is 9.23. The molecule has 1 atom stereocenters. The van der Waals surface area contributed by atoms with Gasteiger partial charge in [0.25, 0.3) is 0 Å². The van der Waals surface area contributed by atoms with E-state index < -0.39 is 0 Å². The fraction of sp³-hybridized carbons (Fsp3) is 0.600. The number of nitrogens with two attached hydrogens (primary N) is 1. The van der Waals surface area contributed by atoms with Crippen molar-refractivity contribution in [3.63, 3.8) is 0 Å². The minimum atomic E-state index is -0.295. The molecule has 1 aromatic heterocycles. The van der Waals surface area contributed by atoms with E-state index in [2.05, 4.69) is 17.3 Å². The van der Waals surface area contributed by atoms with Crippen LogP contribution in [-0.2, 0) is 11.3 Å². The second-order valence-corrected chi connectivity index (χ2v) is 3.71. The molecule has 1 rings (SSSR count). The first-order valence-corrected chi connectivity index (χ1v) is 5.19. The number of nitrogens with one attached hydrogen (secondary N) is 1. The van der Waals surface area contributed by atoms with E-state index in [1.807, 2.05) is 17.8 Å². The molecule has 1 aromatic rings. The van der Waals surface area contributed by atoms with Gasteiger partial charge in [-0.25, -0.2) is 0 Å². The molecule has 0 bridgehead atoms. The maximum atomic E-state index is 10.7. The van der Waals surface area contributed by atoms with Crippen molar-refractivity contribution in [2.45, 2.75) is 39.3 Å². The van der Waals surface area contributed by atoms with Crippen molar-refractivity contribution in [3.05, 3.63) is 12.4 Å². The molecule has 0 saturated heterocycles. The van der Waals surface area contributed by atoms with Crippen molar-refractivity contribution in [1.29, 1.82) is 0 Å². The number of carbonyl (C=O) groups is 1. The predicted molar refractivity (Wildman–Crippen MR) is 59.4 cm³/mol. The van der Waals surface area contributed by atoms with Crippen LogP contribution in [-0.4, -0.2) is 21.7 Å². The highest BCUT2D eigenvalue weighted by Gasteiger charge is 2.06. The minimum absolute atomic E-state index is 0.0433. The quantitative estimate of drug-likeness (QED) is 0.734. The van der Waals surface area contributed by atoms with E-state index in [0.29, 0.717) is 6.42 Å². The van der Waals surface area contributed by atoms with Gasteiger partial charge in [0.1, 0.15) is 0 Å². The van der Waals surface area contributed by atoms with E-state index in [1.165, 1.54) is 0 Å². The molecule has 0 aliphatic carbocycles. The number of carbonyl (C=O) groups excluding carboxylic acids is 1. The van der Waals surface area contributed by atoms with Gasteiger partial charge in [0.15, 0.2) is 0 Å². The highest BCUT2D eigenvalue weighted by molar-refractivity contribution is 5.74. The first kappa shape index (κ1) is 11.6. The van der Waals surface area contributed by atoms with E-state index in [0.717, 1.165) is 18.7 Å². The van der Waals surface area contributed by atoms with Gasteiger partial charge in [-0.15, -0.1) is 0 Å². The Bertz CT molecular complexity index is 321. The monoisotopic (exact) mass is 210 g/mol. The Morgan fingerprint density at radius 3 is 3.07 bits per heavy atom. The fourth-order valence-corrected chi connectivity index (χ4v) is 1.43. The maximum Gasteiger partial charge on any atom is 0.219 e. The summed E-state index contributed by atoms with van der Waals surface area (Å²) in [6.45, 7) is 4.93. The number of amides is 1. The number of anilines is 1. The van der Waals surface area contributed by atoms with Gasteiger partial charge < -0.3 is 11.1 Å². The van der Waals surface area contributed by atoms with E-state index >= 15 is 0 Å². The lowest BCUT2D eigenvalue weighted by atomic mass is 10.2. The van der Waals surface area contributed by atoms with Crippen LogP contribution >= 0.6 is 0 Å². The summed E-state index contributed by atoms with van der Waals surface area (Å²) in [5.41, 5.74) is 6.03. The van der Waals surface area contributed by atoms with E-state index in [9.17, 15) is 4.79 Å². The lowest BCUT2D eigenvalue weighted by molar-refractivity contribution is -0.118. The molecule has 84 valence electrons. The number of hydrogen-bond donors (Lipinski definition) is 2. The van der Waals surface area contributed by atoms with E-state index in [1.54, 1.807) is 6.20 Å². The fourth-order valence-electron chi connectivity index (χ4n) is 1.43. The van der Waals surface area contributed by atoms with Crippen molar-refractivity contribution in [1.82, 2.24) is 9.78 Å². The van der Waals surface area contributed by atoms with Crippen LogP contribution in [0, 0.1) is 0 Å². The molecule has 5 nitrogen and oxygen atoms in total. The Hall–Kier alpha value is -1.52. The number of aryl methyl sites for hydroxylation is 1. The number of primary amides is 1. The van der Waals surface area contributed by atoms with Crippen LogP contribution in [0.2, 0.25) is 0 Å². The van der Waals surface area contributed by atoms with Gasteiger partial charge in [-0.1, -0.05) is 6.92 Å². The summed E-state index contributed by atoms with van der Waals surface area (Å²) < 4.78 is 1.87. The molecule has 0 saturated carbocycles. The second-order valence-electron chi connectivity index (χ2n) is 3.71. The Balaban J connectivity index is 2.45. The van der Waals surface area contributed by atoms with Gasteiger partial charge >= 0.3 is 0 Å². The molecular formula is C10H18N4O. The molecule has 5 heteroatoms. The van der Waals surface area contributed by atoms with Crippen molar-refractivity contribution in [3.8, 4) is 0 Å².